The van der Waals surface area contributed by atoms with E-state index in [0.29, 0.717) is 5.91 Å². The molecule has 0 aromatic rings. The van der Waals surface area contributed by atoms with Gasteiger partial charge in [0.2, 0.25) is 5.91 Å². The van der Waals surface area contributed by atoms with Crippen LogP contribution in [0.15, 0.2) is 0 Å². The summed E-state index contributed by atoms with van der Waals surface area (Å²) in [5, 5.41) is 16.7. The van der Waals surface area contributed by atoms with Crippen molar-refractivity contribution in [1.29, 1.82) is 0 Å². The van der Waals surface area contributed by atoms with Gasteiger partial charge in [0.1, 0.15) is 0 Å². The molecule has 0 bridgehead atoms. The SMILES string of the molecule is CN1CCCC1=O.O=C([O-])[O-].[Cs+].[Cs+]. The summed E-state index contributed by atoms with van der Waals surface area (Å²) in [6, 6.07) is 0. The first-order chi connectivity index (χ1) is 5.04. The fourth-order valence-corrected chi connectivity index (χ4v) is 0.783. The molecule has 0 aromatic heterocycles. The van der Waals surface area contributed by atoms with Gasteiger partial charge in [-0.1, -0.05) is 0 Å². The zero-order chi connectivity index (χ0) is 8.85. The van der Waals surface area contributed by atoms with Gasteiger partial charge in [-0.3, -0.25) is 4.79 Å². The zero-order valence-corrected chi connectivity index (χ0v) is 20.8. The average molecular weight is 425 g/mol. The number of amides is 1. The summed E-state index contributed by atoms with van der Waals surface area (Å²) in [6.45, 7) is 0.957. The fraction of sp³-hybridized carbons (Fsp3) is 0.667. The van der Waals surface area contributed by atoms with Gasteiger partial charge in [0.25, 0.3) is 0 Å². The maximum absolute atomic E-state index is 10.5. The third-order valence-electron chi connectivity index (χ3n) is 1.31. The third kappa shape index (κ3) is 14.8. The van der Waals surface area contributed by atoms with Gasteiger partial charge in [-0.05, 0) is 12.6 Å². The maximum atomic E-state index is 10.5. The minimum Gasteiger partial charge on any atom is -0.652 e. The number of rotatable bonds is 0. The van der Waals surface area contributed by atoms with Crippen LogP contribution in [0.25, 0.3) is 0 Å². The normalized spacial score (nSPS) is 13.3. The van der Waals surface area contributed by atoms with Gasteiger partial charge >= 0.3 is 138 Å². The first-order valence-corrected chi connectivity index (χ1v) is 3.16. The minimum absolute atomic E-state index is 0. The molecule has 1 aliphatic heterocycles. The molecule has 1 saturated heterocycles. The van der Waals surface area contributed by atoms with Gasteiger partial charge in [-0.2, -0.15) is 0 Å². The minimum atomic E-state index is -2.33. The van der Waals surface area contributed by atoms with Crippen molar-refractivity contribution in [2.75, 3.05) is 13.6 Å². The number of carbonyl (C=O) groups is 2. The van der Waals surface area contributed by atoms with Crippen LogP contribution in [0, 0.1) is 0 Å². The Kier molecular flexibility index (Phi) is 21.0. The molecular weight excluding hydrogens is 416 g/mol. The van der Waals surface area contributed by atoms with Crippen LogP contribution in [-0.2, 0) is 4.79 Å². The molecule has 1 rings (SSSR count). The Morgan fingerprint density at radius 2 is 1.77 bits per heavy atom. The number of hydrogen-bond acceptors (Lipinski definition) is 4. The predicted molar refractivity (Wildman–Crippen MR) is 32.3 cm³/mol. The molecule has 1 amide bonds. The molecule has 0 radical (unpaired) electrons. The molecule has 0 N–H and O–H groups in total. The Morgan fingerprint density at radius 3 is 1.85 bits per heavy atom. The van der Waals surface area contributed by atoms with E-state index in [1.54, 1.807) is 4.90 Å². The molecule has 0 atom stereocenters. The van der Waals surface area contributed by atoms with E-state index in [1.807, 2.05) is 7.05 Å². The smallest absolute Gasteiger partial charge is 0.652 e. The largest absolute Gasteiger partial charge is 1.00 e. The van der Waals surface area contributed by atoms with Gasteiger partial charge in [0, 0.05) is 20.0 Å². The second-order valence-corrected chi connectivity index (χ2v) is 2.17. The van der Waals surface area contributed by atoms with E-state index in [0.717, 1.165) is 19.4 Å². The Morgan fingerprint density at radius 1 is 1.38 bits per heavy atom. The third-order valence-corrected chi connectivity index (χ3v) is 1.31. The quantitative estimate of drug-likeness (QED) is 0.386. The monoisotopic (exact) mass is 425 g/mol. The van der Waals surface area contributed by atoms with E-state index in [-0.39, 0.29) is 138 Å². The molecule has 0 unspecified atom stereocenters. The van der Waals surface area contributed by atoms with E-state index in [1.165, 1.54) is 0 Å². The van der Waals surface area contributed by atoms with Gasteiger partial charge in [-0.15, -0.1) is 0 Å². The number of likely N-dealkylation sites (tertiary alicyclic amines) is 1. The first-order valence-electron chi connectivity index (χ1n) is 3.16. The second kappa shape index (κ2) is 12.9. The molecule has 64 valence electrons. The number of hydrogen-bond donors (Lipinski definition) is 0. The first kappa shape index (κ1) is 21.2. The summed E-state index contributed by atoms with van der Waals surface area (Å²) in [5.41, 5.74) is 0. The molecule has 7 heteroatoms. The Hall–Kier alpha value is 2.84. The van der Waals surface area contributed by atoms with Crippen molar-refractivity contribution < 1.29 is 158 Å². The van der Waals surface area contributed by atoms with Gasteiger partial charge in [0.15, 0.2) is 0 Å². The van der Waals surface area contributed by atoms with Crippen LogP contribution in [0.4, 0.5) is 4.79 Å². The van der Waals surface area contributed by atoms with Crippen molar-refractivity contribution in [2.24, 2.45) is 0 Å². The number of nitrogens with zero attached hydrogens (tertiary/aromatic N) is 1. The van der Waals surface area contributed by atoms with E-state index >= 15 is 0 Å². The van der Waals surface area contributed by atoms with Crippen molar-refractivity contribution in [2.45, 2.75) is 12.8 Å². The summed E-state index contributed by atoms with van der Waals surface area (Å²) < 4.78 is 0. The van der Waals surface area contributed by atoms with Crippen LogP contribution < -0.4 is 148 Å². The van der Waals surface area contributed by atoms with E-state index < -0.39 is 6.16 Å². The molecule has 0 spiro atoms. The molecule has 1 heterocycles. The molecule has 5 nitrogen and oxygen atoms in total. The Balaban J connectivity index is -0.000000150. The van der Waals surface area contributed by atoms with Crippen molar-refractivity contribution in [3.05, 3.63) is 0 Å². The van der Waals surface area contributed by atoms with Crippen LogP contribution in [0.3, 0.4) is 0 Å². The summed E-state index contributed by atoms with van der Waals surface area (Å²) in [6.07, 6.45) is -0.522. The maximum Gasteiger partial charge on any atom is 1.00 e. The van der Waals surface area contributed by atoms with E-state index in [4.69, 9.17) is 15.0 Å². The molecule has 0 saturated carbocycles. The predicted octanol–water partition coefficient (Wildman–Crippen LogP) is -8.20. The molecule has 0 aromatic carbocycles. The van der Waals surface area contributed by atoms with E-state index in [2.05, 4.69) is 0 Å². The Labute approximate surface area is 195 Å². The van der Waals surface area contributed by atoms with Gasteiger partial charge < -0.3 is 19.9 Å². The summed E-state index contributed by atoms with van der Waals surface area (Å²) >= 11 is 0. The van der Waals surface area contributed by atoms with Gasteiger partial charge in [0.05, 0.1) is 0 Å². The Bertz CT molecular complexity index is 161. The zero-order valence-electron chi connectivity index (χ0n) is 8.20. The number of carbonyl (C=O) groups excluding carboxylic acids is 2. The molecule has 0 aliphatic carbocycles. The van der Waals surface area contributed by atoms with Crippen LogP contribution in [0.5, 0.6) is 0 Å². The molecule has 13 heavy (non-hydrogen) atoms. The summed E-state index contributed by atoms with van der Waals surface area (Å²) in [7, 11) is 1.84. The van der Waals surface area contributed by atoms with Crippen molar-refractivity contribution in [3.63, 3.8) is 0 Å². The fourth-order valence-electron chi connectivity index (χ4n) is 0.783. The standard InChI is InChI=1S/C5H9NO.CH2O3.2Cs/c1-6-4-2-3-5(6)7;2-1(3)4;;/h2-4H2,1H3;(H2,2,3,4);;/q;;2*+1/p-2. The number of carboxylic acid groups (broad SMARTS) is 2. The van der Waals surface area contributed by atoms with E-state index in [9.17, 15) is 4.79 Å². The van der Waals surface area contributed by atoms with Crippen LogP contribution in [0.2, 0.25) is 0 Å². The van der Waals surface area contributed by atoms with Crippen molar-refractivity contribution in [3.8, 4) is 0 Å². The van der Waals surface area contributed by atoms with Crippen molar-refractivity contribution in [1.82, 2.24) is 4.90 Å². The summed E-state index contributed by atoms with van der Waals surface area (Å²) in [5.74, 6) is 0.292. The van der Waals surface area contributed by atoms with Crippen molar-refractivity contribution >= 4 is 12.1 Å². The van der Waals surface area contributed by atoms with Crippen LogP contribution >= 0.6 is 0 Å². The van der Waals surface area contributed by atoms with Crippen LogP contribution in [0.1, 0.15) is 12.8 Å². The van der Waals surface area contributed by atoms with Crippen LogP contribution in [-0.4, -0.2) is 30.6 Å². The topological polar surface area (TPSA) is 83.5 Å². The van der Waals surface area contributed by atoms with Gasteiger partial charge in [-0.25, -0.2) is 0 Å². The molecule has 1 fully saturated rings. The second-order valence-electron chi connectivity index (χ2n) is 2.17. The average Bonchev–Trinajstić information content (AvgIpc) is 2.15. The summed E-state index contributed by atoms with van der Waals surface area (Å²) in [4.78, 5) is 20.6. The molecule has 1 aliphatic rings. The molecular formula is C6H9Cs2NO4.